The van der Waals surface area contributed by atoms with Crippen LogP contribution in [-0.2, 0) is 19.4 Å². The van der Waals surface area contributed by atoms with Crippen LogP contribution in [0.25, 0.3) is 0 Å². The van der Waals surface area contributed by atoms with E-state index in [2.05, 4.69) is 5.32 Å². The predicted octanol–water partition coefficient (Wildman–Crippen LogP) is 0.0792. The average molecular weight is 302 g/mol. The first kappa shape index (κ1) is 15.3. The monoisotopic (exact) mass is 302 g/mol. The number of hydrogen-bond acceptors (Lipinski definition) is 4. The van der Waals surface area contributed by atoms with Crippen molar-refractivity contribution in [2.24, 2.45) is 0 Å². The summed E-state index contributed by atoms with van der Waals surface area (Å²) < 4.78 is 23.0. The van der Waals surface area contributed by atoms with E-state index < -0.39 is 21.9 Å². The molecule has 0 bridgehead atoms. The molecule has 2 unspecified atom stereocenters. The molecule has 0 aromatic rings. The summed E-state index contributed by atoms with van der Waals surface area (Å²) in [5.74, 6) is 0.00219. The Labute approximate surface area is 119 Å². The van der Waals surface area contributed by atoms with Gasteiger partial charge in [-0.3, -0.25) is 9.59 Å². The van der Waals surface area contributed by atoms with Gasteiger partial charge in [-0.15, -0.1) is 0 Å². The van der Waals surface area contributed by atoms with Crippen molar-refractivity contribution in [1.29, 1.82) is 0 Å². The van der Waals surface area contributed by atoms with Gasteiger partial charge in [-0.25, -0.2) is 8.42 Å². The van der Waals surface area contributed by atoms with E-state index in [0.29, 0.717) is 19.3 Å². The molecule has 0 saturated carbocycles. The fraction of sp³-hybridized carbons (Fsp3) is 0.846. The number of rotatable bonds is 3. The molecule has 0 spiro atoms. The van der Waals surface area contributed by atoms with Crippen molar-refractivity contribution in [2.75, 3.05) is 11.5 Å². The second-order valence-corrected chi connectivity index (χ2v) is 7.96. The van der Waals surface area contributed by atoms with E-state index in [1.54, 1.807) is 11.8 Å². The minimum Gasteiger partial charge on any atom is -0.343 e. The van der Waals surface area contributed by atoms with Crippen molar-refractivity contribution < 1.29 is 18.0 Å². The molecule has 2 fully saturated rings. The Hall–Kier alpha value is -1.11. The van der Waals surface area contributed by atoms with Gasteiger partial charge in [-0.1, -0.05) is 13.3 Å². The highest BCUT2D eigenvalue weighted by atomic mass is 32.2. The maximum Gasteiger partial charge on any atom is 0.246 e. The third kappa shape index (κ3) is 2.97. The van der Waals surface area contributed by atoms with Crippen LogP contribution < -0.4 is 5.32 Å². The highest BCUT2D eigenvalue weighted by molar-refractivity contribution is 7.91. The van der Waals surface area contributed by atoms with Crippen LogP contribution >= 0.6 is 0 Å². The zero-order valence-corrected chi connectivity index (χ0v) is 12.8. The van der Waals surface area contributed by atoms with Crippen LogP contribution in [0, 0.1) is 0 Å². The topological polar surface area (TPSA) is 83.6 Å². The van der Waals surface area contributed by atoms with Gasteiger partial charge in [0.15, 0.2) is 0 Å². The fourth-order valence-corrected chi connectivity index (χ4v) is 4.45. The molecular formula is C13H22N2O4S. The van der Waals surface area contributed by atoms with Gasteiger partial charge < -0.3 is 10.2 Å². The summed E-state index contributed by atoms with van der Waals surface area (Å²) in [7, 11) is -2.97. The van der Waals surface area contributed by atoms with Crippen LogP contribution in [0.15, 0.2) is 0 Å². The molecule has 0 aliphatic carbocycles. The molecule has 0 aromatic carbocycles. The van der Waals surface area contributed by atoms with Crippen LogP contribution in [0.5, 0.6) is 0 Å². The Bertz CT molecular complexity index is 489. The van der Waals surface area contributed by atoms with Gasteiger partial charge in [0.25, 0.3) is 0 Å². The first-order valence-corrected chi connectivity index (χ1v) is 9.01. The van der Waals surface area contributed by atoms with Gasteiger partial charge in [0.1, 0.15) is 21.9 Å². The van der Waals surface area contributed by atoms with Gasteiger partial charge in [0.05, 0.1) is 11.5 Å². The van der Waals surface area contributed by atoms with Crippen molar-refractivity contribution in [3.05, 3.63) is 0 Å². The Morgan fingerprint density at radius 1 is 1.25 bits per heavy atom. The maximum atomic E-state index is 12.5. The summed E-state index contributed by atoms with van der Waals surface area (Å²) in [5, 5.41) is 2.75. The molecule has 0 radical (unpaired) electrons. The fourth-order valence-electron chi connectivity index (χ4n) is 2.99. The molecule has 2 atom stereocenters. The smallest absolute Gasteiger partial charge is 0.246 e. The number of carbonyl (C=O) groups excluding carboxylic acids is 2. The number of piperazine rings is 1. The molecule has 114 valence electrons. The molecule has 2 heterocycles. The summed E-state index contributed by atoms with van der Waals surface area (Å²) >= 11 is 0. The van der Waals surface area contributed by atoms with Crippen LogP contribution in [-0.4, -0.2) is 54.8 Å². The van der Waals surface area contributed by atoms with Gasteiger partial charge in [0, 0.05) is 6.04 Å². The lowest BCUT2D eigenvalue weighted by atomic mass is 9.99. The highest BCUT2D eigenvalue weighted by Crippen LogP contribution is 2.24. The van der Waals surface area contributed by atoms with E-state index in [9.17, 15) is 18.0 Å². The molecular weight excluding hydrogens is 280 g/mol. The minimum atomic E-state index is -2.97. The van der Waals surface area contributed by atoms with E-state index in [-0.39, 0.29) is 29.4 Å². The average Bonchev–Trinajstić information content (AvgIpc) is 2.38. The molecule has 2 aliphatic rings. The Morgan fingerprint density at radius 2 is 1.85 bits per heavy atom. The SMILES string of the molecule is CCCC1NC(=O)C(C)N(C2CCS(=O)(=O)CC2)C1=O. The van der Waals surface area contributed by atoms with Gasteiger partial charge in [-0.2, -0.15) is 0 Å². The Morgan fingerprint density at radius 3 is 2.40 bits per heavy atom. The summed E-state index contributed by atoms with van der Waals surface area (Å²) in [6, 6.07) is -1.10. The lowest BCUT2D eigenvalue weighted by molar-refractivity contribution is -0.151. The van der Waals surface area contributed by atoms with Crippen LogP contribution in [0.3, 0.4) is 0 Å². The lowest BCUT2D eigenvalue weighted by Crippen LogP contribution is -2.65. The second-order valence-electron chi connectivity index (χ2n) is 5.65. The predicted molar refractivity (Wildman–Crippen MR) is 74.8 cm³/mol. The van der Waals surface area contributed by atoms with Gasteiger partial charge in [0.2, 0.25) is 11.8 Å². The van der Waals surface area contributed by atoms with E-state index in [4.69, 9.17) is 0 Å². The third-order valence-electron chi connectivity index (χ3n) is 4.16. The number of hydrogen-bond donors (Lipinski definition) is 1. The van der Waals surface area contributed by atoms with Gasteiger partial charge >= 0.3 is 0 Å². The van der Waals surface area contributed by atoms with Crippen LogP contribution in [0.1, 0.15) is 39.5 Å². The van der Waals surface area contributed by atoms with E-state index in [1.165, 1.54) is 0 Å². The summed E-state index contributed by atoms with van der Waals surface area (Å²) in [4.78, 5) is 26.1. The molecule has 1 N–H and O–H groups in total. The number of amides is 2. The number of nitrogens with zero attached hydrogens (tertiary/aromatic N) is 1. The molecule has 7 heteroatoms. The molecule has 2 amide bonds. The third-order valence-corrected chi connectivity index (χ3v) is 5.88. The normalized spacial score (nSPS) is 31.2. The minimum absolute atomic E-state index is 0.0664. The number of sulfone groups is 1. The zero-order valence-electron chi connectivity index (χ0n) is 12.0. The molecule has 2 aliphatic heterocycles. The van der Waals surface area contributed by atoms with E-state index in [0.717, 1.165) is 6.42 Å². The first-order chi connectivity index (χ1) is 9.35. The van der Waals surface area contributed by atoms with Crippen LogP contribution in [0.4, 0.5) is 0 Å². The molecule has 0 aromatic heterocycles. The van der Waals surface area contributed by atoms with Crippen molar-refractivity contribution >= 4 is 21.7 Å². The van der Waals surface area contributed by atoms with Crippen molar-refractivity contribution in [3.8, 4) is 0 Å². The van der Waals surface area contributed by atoms with Gasteiger partial charge in [-0.05, 0) is 26.2 Å². The zero-order chi connectivity index (χ0) is 14.9. The van der Waals surface area contributed by atoms with E-state index in [1.807, 2.05) is 6.92 Å². The standard InChI is InChI=1S/C13H22N2O4S/c1-3-4-11-13(17)15(9(2)12(16)14-11)10-5-7-20(18,19)8-6-10/h9-11H,3-8H2,1-2H3,(H,14,16). The quantitative estimate of drug-likeness (QED) is 0.800. The van der Waals surface area contributed by atoms with Crippen LogP contribution in [0.2, 0.25) is 0 Å². The lowest BCUT2D eigenvalue weighted by Gasteiger charge is -2.43. The summed E-state index contributed by atoms with van der Waals surface area (Å²) in [6.07, 6.45) is 2.31. The maximum absolute atomic E-state index is 12.5. The largest absolute Gasteiger partial charge is 0.343 e. The van der Waals surface area contributed by atoms with Crippen molar-refractivity contribution in [2.45, 2.75) is 57.7 Å². The highest BCUT2D eigenvalue weighted by Gasteiger charge is 2.42. The summed E-state index contributed by atoms with van der Waals surface area (Å²) in [6.45, 7) is 3.67. The number of carbonyl (C=O) groups is 2. The van der Waals surface area contributed by atoms with Crippen molar-refractivity contribution in [1.82, 2.24) is 10.2 Å². The molecule has 2 saturated heterocycles. The molecule has 2 rings (SSSR count). The van der Waals surface area contributed by atoms with Crippen molar-refractivity contribution in [3.63, 3.8) is 0 Å². The Kier molecular flexibility index (Phi) is 4.36. The molecule has 20 heavy (non-hydrogen) atoms. The first-order valence-electron chi connectivity index (χ1n) is 7.18. The van der Waals surface area contributed by atoms with E-state index >= 15 is 0 Å². The second kappa shape index (κ2) is 5.71. The Balaban J connectivity index is 2.15. The number of nitrogens with one attached hydrogen (secondary N) is 1. The molecule has 6 nitrogen and oxygen atoms in total. The summed E-state index contributed by atoms with van der Waals surface area (Å²) in [5.41, 5.74) is 0.